The van der Waals surface area contributed by atoms with E-state index < -0.39 is 11.9 Å². The van der Waals surface area contributed by atoms with E-state index in [1.165, 1.54) is 17.4 Å². The van der Waals surface area contributed by atoms with E-state index in [-0.39, 0.29) is 11.3 Å². The number of carboxylic acids is 1. The summed E-state index contributed by atoms with van der Waals surface area (Å²) in [6.45, 7) is 1.79. The van der Waals surface area contributed by atoms with Gasteiger partial charge in [-0.1, -0.05) is 18.2 Å². The second kappa shape index (κ2) is 5.02. The average molecular weight is 301 g/mol. The number of aromatic amines is 1. The Balaban J connectivity index is 1.95. The SMILES string of the molecule is Cc1cc(C(=O)O)c(NC(=O)c2n[nH]c3ccccc23)s1. The van der Waals surface area contributed by atoms with Crippen molar-refractivity contribution in [3.05, 3.63) is 46.5 Å². The normalized spacial score (nSPS) is 10.7. The molecule has 0 spiro atoms. The van der Waals surface area contributed by atoms with Crippen LogP contribution in [0.4, 0.5) is 5.00 Å². The van der Waals surface area contributed by atoms with Gasteiger partial charge >= 0.3 is 5.97 Å². The van der Waals surface area contributed by atoms with Gasteiger partial charge in [-0.25, -0.2) is 4.79 Å². The van der Waals surface area contributed by atoms with E-state index in [0.29, 0.717) is 10.4 Å². The maximum absolute atomic E-state index is 12.3. The summed E-state index contributed by atoms with van der Waals surface area (Å²) >= 11 is 1.22. The number of nitrogens with zero attached hydrogens (tertiary/aromatic N) is 1. The molecule has 7 heteroatoms. The highest BCUT2D eigenvalue weighted by Crippen LogP contribution is 2.28. The lowest BCUT2D eigenvalue weighted by atomic mass is 10.2. The van der Waals surface area contributed by atoms with Gasteiger partial charge in [-0.2, -0.15) is 5.10 Å². The van der Waals surface area contributed by atoms with E-state index in [1.54, 1.807) is 13.0 Å². The molecule has 2 heterocycles. The minimum Gasteiger partial charge on any atom is -0.478 e. The van der Waals surface area contributed by atoms with E-state index in [0.717, 1.165) is 10.4 Å². The van der Waals surface area contributed by atoms with Crippen molar-refractivity contribution in [2.24, 2.45) is 0 Å². The van der Waals surface area contributed by atoms with Crippen molar-refractivity contribution in [2.75, 3.05) is 5.32 Å². The number of rotatable bonds is 3. The molecule has 0 bridgehead atoms. The van der Waals surface area contributed by atoms with Crippen LogP contribution in [0.15, 0.2) is 30.3 Å². The van der Waals surface area contributed by atoms with Crippen molar-refractivity contribution in [1.29, 1.82) is 0 Å². The third kappa shape index (κ3) is 2.38. The molecule has 106 valence electrons. The zero-order valence-corrected chi connectivity index (χ0v) is 11.8. The van der Waals surface area contributed by atoms with Crippen molar-refractivity contribution in [3.63, 3.8) is 0 Å². The molecule has 1 amide bonds. The minimum absolute atomic E-state index is 0.0886. The molecule has 3 rings (SSSR count). The number of para-hydroxylation sites is 1. The van der Waals surface area contributed by atoms with Gasteiger partial charge in [-0.3, -0.25) is 9.89 Å². The number of aryl methyl sites for hydroxylation is 1. The number of H-pyrrole nitrogens is 1. The van der Waals surface area contributed by atoms with Crippen LogP contribution < -0.4 is 5.32 Å². The van der Waals surface area contributed by atoms with Gasteiger partial charge in [0, 0.05) is 10.3 Å². The number of anilines is 1. The van der Waals surface area contributed by atoms with Crippen LogP contribution in [0.2, 0.25) is 0 Å². The Morgan fingerprint density at radius 1 is 1.33 bits per heavy atom. The Kier molecular flexibility index (Phi) is 3.19. The number of hydrogen-bond donors (Lipinski definition) is 3. The number of amides is 1. The lowest BCUT2D eigenvalue weighted by Gasteiger charge is -2.02. The van der Waals surface area contributed by atoms with E-state index >= 15 is 0 Å². The first-order valence-electron chi connectivity index (χ1n) is 6.14. The first-order valence-corrected chi connectivity index (χ1v) is 6.96. The number of carboxylic acid groups (broad SMARTS) is 1. The van der Waals surface area contributed by atoms with Crippen molar-refractivity contribution >= 4 is 39.1 Å². The van der Waals surface area contributed by atoms with Gasteiger partial charge in [0.05, 0.1) is 11.1 Å². The molecule has 0 saturated carbocycles. The molecule has 0 aliphatic rings. The molecule has 0 unspecified atom stereocenters. The zero-order chi connectivity index (χ0) is 15.0. The monoisotopic (exact) mass is 301 g/mol. The van der Waals surface area contributed by atoms with Crippen LogP contribution in [-0.4, -0.2) is 27.2 Å². The zero-order valence-electron chi connectivity index (χ0n) is 11.0. The summed E-state index contributed by atoms with van der Waals surface area (Å²) < 4.78 is 0. The quantitative estimate of drug-likeness (QED) is 0.693. The maximum atomic E-state index is 12.3. The van der Waals surface area contributed by atoms with Crippen LogP contribution in [0, 0.1) is 6.92 Å². The molecular weight excluding hydrogens is 290 g/mol. The van der Waals surface area contributed by atoms with Crippen LogP contribution in [-0.2, 0) is 0 Å². The molecule has 0 aliphatic heterocycles. The molecular formula is C14H11N3O3S. The van der Waals surface area contributed by atoms with E-state index in [1.807, 2.05) is 18.2 Å². The van der Waals surface area contributed by atoms with Crippen molar-refractivity contribution in [1.82, 2.24) is 10.2 Å². The summed E-state index contributed by atoms with van der Waals surface area (Å²) in [7, 11) is 0. The Morgan fingerprint density at radius 3 is 2.86 bits per heavy atom. The molecule has 6 nitrogen and oxygen atoms in total. The maximum Gasteiger partial charge on any atom is 0.338 e. The lowest BCUT2D eigenvalue weighted by Crippen LogP contribution is -2.14. The number of aromatic nitrogens is 2. The van der Waals surface area contributed by atoms with Crippen molar-refractivity contribution in [2.45, 2.75) is 6.92 Å². The second-order valence-corrected chi connectivity index (χ2v) is 5.73. The Bertz CT molecular complexity index is 850. The Labute approximate surface area is 123 Å². The predicted octanol–water partition coefficient (Wildman–Crippen LogP) is 2.88. The first kappa shape index (κ1) is 13.3. The summed E-state index contributed by atoms with van der Waals surface area (Å²) in [4.78, 5) is 24.3. The number of hydrogen-bond acceptors (Lipinski definition) is 4. The van der Waals surface area contributed by atoms with Gasteiger partial charge in [-0.05, 0) is 19.1 Å². The number of aromatic carboxylic acids is 1. The molecule has 3 N–H and O–H groups in total. The number of nitrogens with one attached hydrogen (secondary N) is 2. The lowest BCUT2D eigenvalue weighted by molar-refractivity contribution is 0.0698. The molecule has 0 fully saturated rings. The summed E-state index contributed by atoms with van der Waals surface area (Å²) in [6.07, 6.45) is 0. The summed E-state index contributed by atoms with van der Waals surface area (Å²) in [6, 6.07) is 8.79. The van der Waals surface area contributed by atoms with Gasteiger partial charge in [0.1, 0.15) is 5.00 Å². The van der Waals surface area contributed by atoms with E-state index in [9.17, 15) is 9.59 Å². The molecule has 0 saturated heterocycles. The molecule has 1 aromatic carbocycles. The summed E-state index contributed by atoms with van der Waals surface area (Å²) in [5.74, 6) is -1.50. The number of fused-ring (bicyclic) bond motifs is 1. The van der Waals surface area contributed by atoms with Crippen LogP contribution in [0.1, 0.15) is 25.7 Å². The van der Waals surface area contributed by atoms with E-state index in [2.05, 4.69) is 15.5 Å². The molecule has 3 aromatic rings. The summed E-state index contributed by atoms with van der Waals surface area (Å²) in [5.41, 5.74) is 1.09. The van der Waals surface area contributed by atoms with Crippen molar-refractivity contribution in [3.8, 4) is 0 Å². The van der Waals surface area contributed by atoms with Gasteiger partial charge in [0.2, 0.25) is 0 Å². The predicted molar refractivity (Wildman–Crippen MR) is 80.1 cm³/mol. The fraction of sp³-hybridized carbons (Fsp3) is 0.0714. The van der Waals surface area contributed by atoms with Crippen LogP contribution in [0.3, 0.4) is 0 Å². The molecule has 0 aliphatic carbocycles. The minimum atomic E-state index is -1.07. The highest BCUT2D eigenvalue weighted by Gasteiger charge is 2.19. The van der Waals surface area contributed by atoms with Gasteiger partial charge in [-0.15, -0.1) is 11.3 Å². The topological polar surface area (TPSA) is 95.1 Å². The average Bonchev–Trinajstić information content (AvgIpc) is 3.02. The third-order valence-electron chi connectivity index (χ3n) is 3.00. The van der Waals surface area contributed by atoms with Gasteiger partial charge in [0.15, 0.2) is 5.69 Å². The Morgan fingerprint density at radius 2 is 2.10 bits per heavy atom. The number of carbonyl (C=O) groups is 2. The largest absolute Gasteiger partial charge is 0.478 e. The molecule has 0 radical (unpaired) electrons. The smallest absolute Gasteiger partial charge is 0.338 e. The van der Waals surface area contributed by atoms with Gasteiger partial charge in [0.25, 0.3) is 5.91 Å². The highest BCUT2D eigenvalue weighted by molar-refractivity contribution is 7.16. The van der Waals surface area contributed by atoms with Crippen molar-refractivity contribution < 1.29 is 14.7 Å². The highest BCUT2D eigenvalue weighted by atomic mass is 32.1. The van der Waals surface area contributed by atoms with Crippen LogP contribution in [0.5, 0.6) is 0 Å². The second-order valence-electron chi connectivity index (χ2n) is 4.48. The fourth-order valence-electron chi connectivity index (χ4n) is 2.06. The summed E-state index contributed by atoms with van der Waals surface area (Å²) in [5, 5.41) is 19.5. The van der Waals surface area contributed by atoms with E-state index in [4.69, 9.17) is 5.11 Å². The molecule has 0 atom stereocenters. The molecule has 21 heavy (non-hydrogen) atoms. The first-order chi connectivity index (χ1) is 10.1. The number of thiophene rings is 1. The number of benzene rings is 1. The third-order valence-corrected chi connectivity index (χ3v) is 3.96. The standard InChI is InChI=1S/C14H11N3O3S/c1-7-6-9(14(19)20)13(21-7)15-12(18)11-8-4-2-3-5-10(8)16-17-11/h2-6H,1H3,(H,15,18)(H,16,17)(H,19,20). The fourth-order valence-corrected chi connectivity index (χ4v) is 2.96. The number of carbonyl (C=O) groups excluding carboxylic acids is 1. The van der Waals surface area contributed by atoms with Crippen LogP contribution >= 0.6 is 11.3 Å². The van der Waals surface area contributed by atoms with Gasteiger partial charge < -0.3 is 10.4 Å². The van der Waals surface area contributed by atoms with Crippen LogP contribution in [0.25, 0.3) is 10.9 Å². The molecule has 2 aromatic heterocycles. The Hall–Kier alpha value is -2.67.